The summed E-state index contributed by atoms with van der Waals surface area (Å²) in [7, 11) is 3.06. The van der Waals surface area contributed by atoms with Crippen molar-refractivity contribution in [3.63, 3.8) is 0 Å². The van der Waals surface area contributed by atoms with Crippen LogP contribution in [0.5, 0.6) is 11.5 Å². The van der Waals surface area contributed by atoms with Gasteiger partial charge >= 0.3 is 11.9 Å². The van der Waals surface area contributed by atoms with Gasteiger partial charge in [0, 0.05) is 44.1 Å². The lowest BCUT2D eigenvalue weighted by molar-refractivity contribution is 0.0456. The van der Waals surface area contributed by atoms with E-state index in [1.807, 2.05) is 109 Å². The highest BCUT2D eigenvalue weighted by Crippen LogP contribution is 2.31. The molecule has 0 heterocycles. The van der Waals surface area contributed by atoms with Gasteiger partial charge in [-0.15, -0.1) is 5.92 Å². The summed E-state index contributed by atoms with van der Waals surface area (Å²) in [5.41, 5.74) is 5.95. The molecule has 94 heavy (non-hydrogen) atoms. The summed E-state index contributed by atoms with van der Waals surface area (Å²) < 4.78 is 22.7. The SMILES string of the molecule is COc1ccc(OC)c(C(=O)OC2C#CCCCCC#C/C2=C\c2cccc3ccccc23)c1.O=C(OC1C#CCCCCC#C/C1=C\c1cccc2ccccc12)c1cccc2cc3ccccc3cc12.OC1C#CCCCCC#C/C1=C\c1cccc2ccccc12. The van der Waals surface area contributed by atoms with Gasteiger partial charge in [0.1, 0.15) is 23.2 Å². The standard InChI is InChI=1S/C36H26O2.C30H26O4.C21H18O/c37-36(33-21-12-19-30-23-27-14-7-8-15-28(27)25-34(30)33)38-35-22-6-4-2-1-3-5-16-31(35)24-29-18-11-17-26-13-9-10-20-32(26)29;1-32-25-18-19-29(33-2)27(21-25)30(31)34-28-17-8-6-4-3-5-7-13-24(28)20-23-15-11-14-22-12-9-10-16-26(22)23;22-21-15-6-4-2-1-3-5-11-19(21)16-18-13-9-12-17-10-7-8-14-20(17)18/h7-15,17-21,23-25,35H,1-4H2;9-12,14-16,18-21,28H,3-6H2,1-2H3;7-10,12-14,16,21-22H,1-4H2/b31-24+;24-20+;19-16+. The Balaban J connectivity index is 0.000000149. The first-order valence-electron chi connectivity index (χ1n) is 32.0. The van der Waals surface area contributed by atoms with E-state index >= 15 is 0 Å². The molecule has 0 amide bonds. The molecule has 7 nitrogen and oxygen atoms in total. The van der Waals surface area contributed by atoms with Crippen molar-refractivity contribution in [2.45, 2.75) is 95.4 Å². The molecule has 1 N–H and O–H groups in total. The Kier molecular flexibility index (Phi) is 22.2. The number of fused-ring (bicyclic) bond motifs is 5. The van der Waals surface area contributed by atoms with Gasteiger partial charge in [0.2, 0.25) is 0 Å². The van der Waals surface area contributed by atoms with Gasteiger partial charge in [-0.2, -0.15) is 0 Å². The molecule has 0 bridgehead atoms. The van der Waals surface area contributed by atoms with Crippen molar-refractivity contribution in [1.82, 2.24) is 0 Å². The molecule has 3 aliphatic carbocycles. The molecule has 0 fully saturated rings. The second kappa shape index (κ2) is 32.5. The van der Waals surface area contributed by atoms with Gasteiger partial charge in [0.15, 0.2) is 12.2 Å². The molecule has 13 rings (SSSR count). The van der Waals surface area contributed by atoms with Crippen molar-refractivity contribution < 1.29 is 33.6 Å². The van der Waals surface area contributed by atoms with E-state index in [2.05, 4.69) is 162 Å². The number of carbonyl (C=O) groups excluding carboxylic acids is 2. The Morgan fingerprint density at radius 1 is 0.372 bits per heavy atom. The fourth-order valence-electron chi connectivity index (χ4n) is 11.3. The third kappa shape index (κ3) is 16.7. The molecule has 10 aromatic rings. The van der Waals surface area contributed by atoms with Gasteiger partial charge in [-0.1, -0.05) is 229 Å². The summed E-state index contributed by atoms with van der Waals surface area (Å²) in [6, 6.07) is 66.3. The smallest absolute Gasteiger partial charge is 0.343 e. The van der Waals surface area contributed by atoms with E-state index in [-0.39, 0.29) is 5.56 Å². The molecule has 3 atom stereocenters. The van der Waals surface area contributed by atoms with Crippen molar-refractivity contribution in [2.75, 3.05) is 14.2 Å². The van der Waals surface area contributed by atoms with Crippen LogP contribution in [-0.2, 0) is 9.47 Å². The lowest BCUT2D eigenvalue weighted by atomic mass is 9.99. The molecule has 0 radical (unpaired) electrons. The molecule has 7 heteroatoms. The van der Waals surface area contributed by atoms with Gasteiger partial charge < -0.3 is 24.1 Å². The molecule has 3 aliphatic rings. The van der Waals surface area contributed by atoms with Crippen molar-refractivity contribution in [1.29, 1.82) is 0 Å². The second-order valence-corrected chi connectivity index (χ2v) is 22.8. The van der Waals surface area contributed by atoms with Gasteiger partial charge in [0.05, 0.1) is 30.9 Å². The lowest BCUT2D eigenvalue weighted by Gasteiger charge is -2.16. The van der Waals surface area contributed by atoms with E-state index in [4.69, 9.17) is 18.9 Å². The molecule has 460 valence electrons. The Bertz CT molecular complexity index is 4950. The van der Waals surface area contributed by atoms with Crippen LogP contribution in [0.1, 0.15) is 114 Å². The second-order valence-electron chi connectivity index (χ2n) is 22.8. The molecule has 0 spiro atoms. The zero-order valence-corrected chi connectivity index (χ0v) is 52.9. The lowest BCUT2D eigenvalue weighted by Crippen LogP contribution is -2.19. The number of methoxy groups -OCH3 is 2. The number of carbonyl (C=O) groups is 2. The van der Waals surface area contributed by atoms with Gasteiger partial charge in [-0.3, -0.25) is 0 Å². The normalized spacial score (nSPS) is 17.3. The van der Waals surface area contributed by atoms with E-state index in [0.29, 0.717) is 33.8 Å². The molecular formula is C87H70O7. The highest BCUT2D eigenvalue weighted by atomic mass is 16.5. The minimum absolute atomic E-state index is 0.276. The maximum absolute atomic E-state index is 13.7. The van der Waals surface area contributed by atoms with Crippen LogP contribution in [0, 0.1) is 71.0 Å². The van der Waals surface area contributed by atoms with Crippen LogP contribution in [-0.4, -0.2) is 49.6 Å². The summed E-state index contributed by atoms with van der Waals surface area (Å²) in [5, 5.41) is 21.2. The first-order chi connectivity index (χ1) is 46.3. The number of aliphatic hydroxyl groups excluding tert-OH is 1. The highest BCUT2D eigenvalue weighted by molar-refractivity contribution is 6.09. The van der Waals surface area contributed by atoms with Crippen LogP contribution >= 0.6 is 0 Å². The first-order valence-corrected chi connectivity index (χ1v) is 32.0. The van der Waals surface area contributed by atoms with Crippen molar-refractivity contribution in [3.8, 4) is 82.5 Å². The number of ether oxygens (including phenoxy) is 4. The van der Waals surface area contributed by atoms with Gasteiger partial charge in [0.25, 0.3) is 0 Å². The fraction of sp³-hybridized carbons (Fsp3) is 0.195. The summed E-state index contributed by atoms with van der Waals surface area (Å²) in [4.78, 5) is 26.9. The summed E-state index contributed by atoms with van der Waals surface area (Å²) in [6.45, 7) is 0. The van der Waals surface area contributed by atoms with Gasteiger partial charge in [-0.25, -0.2) is 9.59 Å². The number of hydrogen-bond acceptors (Lipinski definition) is 7. The summed E-state index contributed by atoms with van der Waals surface area (Å²) in [6.07, 6.45) is 14.5. The minimum atomic E-state index is -0.801. The van der Waals surface area contributed by atoms with Crippen molar-refractivity contribution >= 4 is 84.0 Å². The number of benzene rings is 10. The predicted molar refractivity (Wildman–Crippen MR) is 383 cm³/mol. The van der Waals surface area contributed by atoms with Crippen LogP contribution in [0.25, 0.3) is 72.1 Å². The van der Waals surface area contributed by atoms with E-state index in [1.54, 1.807) is 25.3 Å². The number of aliphatic hydroxyl groups is 1. The number of rotatable bonds is 9. The van der Waals surface area contributed by atoms with Crippen LogP contribution in [0.4, 0.5) is 0 Å². The predicted octanol–water partition coefficient (Wildman–Crippen LogP) is 18.5. The third-order valence-corrected chi connectivity index (χ3v) is 16.3. The van der Waals surface area contributed by atoms with Gasteiger partial charge in [-0.05, 0) is 164 Å². The van der Waals surface area contributed by atoms with Crippen LogP contribution in [0.15, 0.2) is 217 Å². The maximum atomic E-state index is 13.7. The Hall–Kier alpha value is -11.4. The Morgan fingerprint density at radius 2 is 0.766 bits per heavy atom. The van der Waals surface area contributed by atoms with Crippen LogP contribution < -0.4 is 9.47 Å². The van der Waals surface area contributed by atoms with E-state index in [1.165, 1.54) is 12.5 Å². The minimum Gasteiger partial charge on any atom is -0.497 e. The maximum Gasteiger partial charge on any atom is 0.343 e. The van der Waals surface area contributed by atoms with Crippen molar-refractivity contribution in [2.24, 2.45) is 0 Å². The van der Waals surface area contributed by atoms with E-state index < -0.39 is 30.3 Å². The largest absolute Gasteiger partial charge is 0.497 e. The fourth-order valence-corrected chi connectivity index (χ4v) is 11.3. The average molecular weight is 1230 g/mol. The summed E-state index contributed by atoms with van der Waals surface area (Å²) >= 11 is 0. The third-order valence-electron chi connectivity index (χ3n) is 16.3. The van der Waals surface area contributed by atoms with Crippen LogP contribution in [0.3, 0.4) is 0 Å². The van der Waals surface area contributed by atoms with Crippen molar-refractivity contribution in [3.05, 3.63) is 245 Å². The van der Waals surface area contributed by atoms with E-state index in [9.17, 15) is 14.7 Å². The topological polar surface area (TPSA) is 91.3 Å². The zero-order valence-electron chi connectivity index (χ0n) is 52.9. The molecule has 0 saturated carbocycles. The molecule has 0 aliphatic heterocycles. The highest BCUT2D eigenvalue weighted by Gasteiger charge is 2.24. The number of esters is 2. The molecular weight excluding hydrogens is 1160 g/mol. The Labute approximate surface area is 551 Å². The first kappa shape index (κ1) is 64.1. The average Bonchev–Trinajstić information content (AvgIpc) is 0.835. The quantitative estimate of drug-likeness (QED) is 0.0874. The monoisotopic (exact) mass is 1230 g/mol. The number of hydrogen-bond donors (Lipinski definition) is 1. The molecule has 0 saturated heterocycles. The molecule has 10 aromatic carbocycles. The summed E-state index contributed by atoms with van der Waals surface area (Å²) in [5.74, 6) is 38.1. The van der Waals surface area contributed by atoms with E-state index in [0.717, 1.165) is 142 Å². The van der Waals surface area contributed by atoms with Crippen LogP contribution in [0.2, 0.25) is 0 Å². The molecule has 0 aromatic heterocycles. The zero-order chi connectivity index (χ0) is 64.7. The Morgan fingerprint density at radius 3 is 1.26 bits per heavy atom. The molecule has 3 unspecified atom stereocenters.